The highest BCUT2D eigenvalue weighted by molar-refractivity contribution is 14.1. The molecule has 0 saturated heterocycles. The van der Waals surface area contributed by atoms with Gasteiger partial charge in [-0.1, -0.05) is 6.07 Å². The first kappa shape index (κ1) is 13.8. The van der Waals surface area contributed by atoms with Gasteiger partial charge in [-0.05, 0) is 52.9 Å². The Morgan fingerprint density at radius 2 is 2.00 bits per heavy atom. The molecule has 0 aliphatic rings. The maximum atomic E-state index is 13.3. The number of carbonyl (C=O) groups excluding carboxylic acids is 1. The van der Waals surface area contributed by atoms with Crippen LogP contribution in [0.25, 0.3) is 0 Å². The summed E-state index contributed by atoms with van der Waals surface area (Å²) < 4.78 is 24.4. The molecule has 2 aromatic rings. The molecule has 0 saturated carbocycles. The Bertz CT molecular complexity index is 613. The van der Waals surface area contributed by atoms with Crippen LogP contribution >= 0.6 is 22.6 Å². The average molecular weight is 372 g/mol. The molecule has 0 atom stereocenters. The van der Waals surface area contributed by atoms with Crippen molar-refractivity contribution in [3.63, 3.8) is 0 Å². The molecule has 0 heterocycles. The van der Waals surface area contributed by atoms with Crippen molar-refractivity contribution in [2.75, 3.05) is 7.11 Å². The van der Waals surface area contributed by atoms with Gasteiger partial charge in [0.1, 0.15) is 22.9 Å². The molecule has 0 fully saturated rings. The monoisotopic (exact) mass is 372 g/mol. The largest absolute Gasteiger partial charge is 0.465 e. The number of methoxy groups -OCH3 is 1. The Balaban J connectivity index is 2.38. The number of rotatable bonds is 3. The minimum atomic E-state index is -0.569. The van der Waals surface area contributed by atoms with Crippen molar-refractivity contribution in [2.24, 2.45) is 0 Å². The van der Waals surface area contributed by atoms with E-state index in [4.69, 9.17) is 4.74 Å². The summed E-state index contributed by atoms with van der Waals surface area (Å²) in [5, 5.41) is 0. The lowest BCUT2D eigenvalue weighted by atomic mass is 10.2. The van der Waals surface area contributed by atoms with Crippen LogP contribution in [-0.4, -0.2) is 13.1 Å². The maximum Gasteiger partial charge on any atom is 0.341 e. The molecule has 0 aliphatic carbocycles. The molecule has 0 unspecified atom stereocenters. The molecular weight excluding hydrogens is 362 g/mol. The average Bonchev–Trinajstić information content (AvgIpc) is 2.38. The van der Waals surface area contributed by atoms with Crippen molar-refractivity contribution in [3.8, 4) is 11.5 Å². The smallest absolute Gasteiger partial charge is 0.341 e. The van der Waals surface area contributed by atoms with Crippen LogP contribution in [-0.2, 0) is 4.74 Å². The van der Waals surface area contributed by atoms with E-state index in [-0.39, 0.29) is 11.3 Å². The van der Waals surface area contributed by atoms with E-state index in [1.807, 2.05) is 12.1 Å². The van der Waals surface area contributed by atoms with Gasteiger partial charge in [-0.2, -0.15) is 0 Å². The van der Waals surface area contributed by atoms with Crippen LogP contribution in [0.3, 0.4) is 0 Å². The summed E-state index contributed by atoms with van der Waals surface area (Å²) in [4.78, 5) is 11.6. The van der Waals surface area contributed by atoms with Crippen LogP contribution in [0.4, 0.5) is 4.39 Å². The van der Waals surface area contributed by atoms with Crippen molar-refractivity contribution in [1.82, 2.24) is 0 Å². The van der Waals surface area contributed by atoms with Crippen molar-refractivity contribution >= 4 is 28.6 Å². The third-order valence-corrected chi connectivity index (χ3v) is 3.04. The highest BCUT2D eigenvalue weighted by atomic mass is 127. The zero-order valence-corrected chi connectivity index (χ0v) is 12.2. The van der Waals surface area contributed by atoms with Crippen LogP contribution in [0, 0.1) is 9.39 Å². The van der Waals surface area contributed by atoms with Crippen LogP contribution in [0.5, 0.6) is 11.5 Å². The van der Waals surface area contributed by atoms with Crippen molar-refractivity contribution in [2.45, 2.75) is 0 Å². The second kappa shape index (κ2) is 6.01. The number of hydrogen-bond donors (Lipinski definition) is 0. The third-order valence-electron chi connectivity index (χ3n) is 2.37. The summed E-state index contributed by atoms with van der Waals surface area (Å²) in [6.07, 6.45) is 0. The van der Waals surface area contributed by atoms with Gasteiger partial charge in [-0.15, -0.1) is 0 Å². The van der Waals surface area contributed by atoms with Crippen molar-refractivity contribution in [1.29, 1.82) is 0 Å². The first-order chi connectivity index (χ1) is 9.10. The Morgan fingerprint density at radius 3 is 2.68 bits per heavy atom. The number of esters is 1. The standard InChI is InChI=1S/C14H10FIO3/c1-18-14(17)12-6-5-9(15)7-13(12)19-11-4-2-3-10(16)8-11/h2-8H,1H3. The molecule has 0 bridgehead atoms. The van der Waals surface area contributed by atoms with E-state index in [1.54, 1.807) is 12.1 Å². The zero-order chi connectivity index (χ0) is 13.8. The predicted molar refractivity (Wildman–Crippen MR) is 77.0 cm³/mol. The Labute approximate surface area is 123 Å². The van der Waals surface area contributed by atoms with Crippen LogP contribution in [0.15, 0.2) is 42.5 Å². The first-order valence-corrected chi connectivity index (χ1v) is 6.49. The van der Waals surface area contributed by atoms with E-state index in [9.17, 15) is 9.18 Å². The van der Waals surface area contributed by atoms with Crippen molar-refractivity contribution in [3.05, 3.63) is 57.4 Å². The van der Waals surface area contributed by atoms with E-state index in [0.29, 0.717) is 5.75 Å². The number of halogens is 2. The number of benzene rings is 2. The van der Waals surface area contributed by atoms with E-state index >= 15 is 0 Å². The normalized spacial score (nSPS) is 10.1. The van der Waals surface area contributed by atoms with Gasteiger partial charge in [0.15, 0.2) is 0 Å². The number of hydrogen-bond acceptors (Lipinski definition) is 3. The molecule has 19 heavy (non-hydrogen) atoms. The molecule has 2 aromatic carbocycles. The van der Waals surface area contributed by atoms with Crippen molar-refractivity contribution < 1.29 is 18.7 Å². The quantitative estimate of drug-likeness (QED) is 0.604. The minimum absolute atomic E-state index is 0.133. The molecule has 5 heteroatoms. The van der Waals surface area contributed by atoms with Gasteiger partial charge < -0.3 is 9.47 Å². The van der Waals surface area contributed by atoms with Gasteiger partial charge in [-0.25, -0.2) is 9.18 Å². The van der Waals surface area contributed by atoms with Gasteiger partial charge in [0, 0.05) is 9.64 Å². The van der Waals surface area contributed by atoms with E-state index < -0.39 is 11.8 Å². The maximum absolute atomic E-state index is 13.3. The Hall–Kier alpha value is -1.63. The second-order valence-electron chi connectivity index (χ2n) is 3.69. The Kier molecular flexibility index (Phi) is 4.36. The van der Waals surface area contributed by atoms with Crippen LogP contribution in [0.1, 0.15) is 10.4 Å². The molecule has 0 aromatic heterocycles. The van der Waals surface area contributed by atoms with Gasteiger partial charge in [-0.3, -0.25) is 0 Å². The molecule has 0 amide bonds. The molecular formula is C14H10FIO3. The molecule has 2 rings (SSSR count). The lowest BCUT2D eigenvalue weighted by Crippen LogP contribution is -2.04. The Morgan fingerprint density at radius 1 is 1.21 bits per heavy atom. The van der Waals surface area contributed by atoms with Gasteiger partial charge in [0.25, 0.3) is 0 Å². The molecule has 0 radical (unpaired) electrons. The molecule has 98 valence electrons. The fraction of sp³-hybridized carbons (Fsp3) is 0.0714. The summed E-state index contributed by atoms with van der Waals surface area (Å²) in [6, 6.07) is 10.9. The van der Waals surface area contributed by atoms with Gasteiger partial charge in [0.05, 0.1) is 7.11 Å². The lowest BCUT2D eigenvalue weighted by Gasteiger charge is -2.10. The van der Waals surface area contributed by atoms with Crippen LogP contribution < -0.4 is 4.74 Å². The molecule has 3 nitrogen and oxygen atoms in total. The topological polar surface area (TPSA) is 35.5 Å². The summed E-state index contributed by atoms with van der Waals surface area (Å²) >= 11 is 2.14. The molecule has 0 aliphatic heterocycles. The summed E-state index contributed by atoms with van der Waals surface area (Å²) in [7, 11) is 1.26. The SMILES string of the molecule is COC(=O)c1ccc(F)cc1Oc1cccc(I)c1. The van der Waals surface area contributed by atoms with E-state index in [0.717, 1.165) is 9.64 Å². The number of ether oxygens (including phenoxy) is 2. The molecule has 0 N–H and O–H groups in total. The highest BCUT2D eigenvalue weighted by Gasteiger charge is 2.14. The fourth-order valence-electron chi connectivity index (χ4n) is 1.52. The van der Waals surface area contributed by atoms with Crippen LogP contribution in [0.2, 0.25) is 0 Å². The van der Waals surface area contributed by atoms with Gasteiger partial charge in [0.2, 0.25) is 0 Å². The zero-order valence-electron chi connectivity index (χ0n) is 10.0. The minimum Gasteiger partial charge on any atom is -0.465 e. The highest BCUT2D eigenvalue weighted by Crippen LogP contribution is 2.27. The first-order valence-electron chi connectivity index (χ1n) is 5.41. The second-order valence-corrected chi connectivity index (χ2v) is 4.94. The van der Waals surface area contributed by atoms with E-state index in [2.05, 4.69) is 27.3 Å². The molecule has 0 spiro atoms. The third kappa shape index (κ3) is 3.44. The lowest BCUT2D eigenvalue weighted by molar-refractivity contribution is 0.0598. The number of carbonyl (C=O) groups is 1. The summed E-state index contributed by atoms with van der Waals surface area (Å²) in [6.45, 7) is 0. The summed E-state index contributed by atoms with van der Waals surface area (Å²) in [5.41, 5.74) is 0.183. The van der Waals surface area contributed by atoms with E-state index in [1.165, 1.54) is 19.2 Å². The van der Waals surface area contributed by atoms with Gasteiger partial charge >= 0.3 is 5.97 Å². The fourth-order valence-corrected chi connectivity index (χ4v) is 2.03. The summed E-state index contributed by atoms with van der Waals surface area (Å²) in [5.74, 6) is -0.384. The predicted octanol–water partition coefficient (Wildman–Crippen LogP) is 4.01.